The lowest BCUT2D eigenvalue weighted by atomic mass is 9.73. The lowest BCUT2D eigenvalue weighted by molar-refractivity contribution is -0.0765. The van der Waals surface area contributed by atoms with Gasteiger partial charge >= 0.3 is 0 Å². The highest BCUT2D eigenvalue weighted by atomic mass is 16.6. The van der Waals surface area contributed by atoms with Gasteiger partial charge in [-0.25, -0.2) is 9.98 Å². The number of aliphatic hydroxyl groups is 2. The van der Waals surface area contributed by atoms with E-state index in [1.807, 2.05) is 17.0 Å². The molecule has 0 bridgehead atoms. The SMILES string of the molecule is COc1cccc2c1CCCC2C1(N)N=CN=C2C1=NCN2[C@@H]1O[C@H](CO)[C@@H](O)[C@H]1OC. The number of benzene rings is 1. The van der Waals surface area contributed by atoms with Gasteiger partial charge < -0.3 is 35.1 Å². The van der Waals surface area contributed by atoms with Crippen LogP contribution in [-0.2, 0) is 15.9 Å². The summed E-state index contributed by atoms with van der Waals surface area (Å²) in [5, 5.41) is 20.0. The second-order valence-corrected chi connectivity index (χ2v) is 8.55. The van der Waals surface area contributed by atoms with Crippen LogP contribution in [0.15, 0.2) is 33.2 Å². The van der Waals surface area contributed by atoms with Gasteiger partial charge in [-0.1, -0.05) is 12.1 Å². The van der Waals surface area contributed by atoms with E-state index in [1.54, 1.807) is 7.11 Å². The molecule has 172 valence electrons. The summed E-state index contributed by atoms with van der Waals surface area (Å²) in [6, 6.07) is 6.05. The summed E-state index contributed by atoms with van der Waals surface area (Å²) < 4.78 is 17.0. The molecule has 6 atom stereocenters. The van der Waals surface area contributed by atoms with Gasteiger partial charge in [0.25, 0.3) is 0 Å². The average molecular weight is 444 g/mol. The molecule has 2 unspecified atom stereocenters. The Bertz CT molecular complexity index is 981. The molecule has 0 radical (unpaired) electrons. The molecule has 1 aliphatic carbocycles. The first-order valence-electron chi connectivity index (χ1n) is 10.9. The molecular formula is C22H29N5O5. The minimum absolute atomic E-state index is 0.0831. The smallest absolute Gasteiger partial charge is 0.162 e. The Morgan fingerprint density at radius 3 is 2.94 bits per heavy atom. The molecule has 1 fully saturated rings. The standard InChI is InChI=1S/C22H29N5O5/c1-30-15-8-4-5-12-13(15)6-3-7-14(12)22(23)19-20(24-10-26-22)27(11-25-19)21-18(31-2)17(29)16(9-28)32-21/h4-5,8,10,14,16-18,21,28-29H,3,6-7,9,11,23H2,1-2H3/t14?,16-,17-,18-,21-,22?/m1/s1. The number of ether oxygens (including phenoxy) is 3. The van der Waals surface area contributed by atoms with Gasteiger partial charge in [-0.15, -0.1) is 0 Å². The van der Waals surface area contributed by atoms with E-state index in [1.165, 1.54) is 19.0 Å². The quantitative estimate of drug-likeness (QED) is 0.584. The summed E-state index contributed by atoms with van der Waals surface area (Å²) in [6.07, 6.45) is 1.24. The molecule has 1 aromatic carbocycles. The van der Waals surface area contributed by atoms with E-state index in [2.05, 4.69) is 16.1 Å². The first-order valence-corrected chi connectivity index (χ1v) is 10.9. The van der Waals surface area contributed by atoms with Crippen molar-refractivity contribution in [3.8, 4) is 5.75 Å². The Labute approximate surface area is 186 Å². The summed E-state index contributed by atoms with van der Waals surface area (Å²) >= 11 is 0. The van der Waals surface area contributed by atoms with Gasteiger partial charge in [0, 0.05) is 13.0 Å². The number of nitrogens with two attached hydrogens (primary N) is 1. The van der Waals surface area contributed by atoms with Crippen LogP contribution in [0.4, 0.5) is 0 Å². The summed E-state index contributed by atoms with van der Waals surface area (Å²) in [4.78, 5) is 15.7. The summed E-state index contributed by atoms with van der Waals surface area (Å²) in [6.45, 7) is -0.0574. The fourth-order valence-corrected chi connectivity index (χ4v) is 5.40. The van der Waals surface area contributed by atoms with Crippen molar-refractivity contribution in [3.63, 3.8) is 0 Å². The van der Waals surface area contributed by atoms with Crippen LogP contribution in [0.5, 0.6) is 5.75 Å². The van der Waals surface area contributed by atoms with Crippen LogP contribution in [0.25, 0.3) is 0 Å². The Morgan fingerprint density at radius 2 is 2.19 bits per heavy atom. The first-order chi connectivity index (χ1) is 15.5. The third-order valence-corrected chi connectivity index (χ3v) is 6.98. The van der Waals surface area contributed by atoms with E-state index in [4.69, 9.17) is 24.9 Å². The molecule has 1 saturated heterocycles. The number of methoxy groups -OCH3 is 2. The highest BCUT2D eigenvalue weighted by Gasteiger charge is 2.53. The van der Waals surface area contributed by atoms with Gasteiger partial charge in [-0.2, -0.15) is 0 Å². The molecule has 4 N–H and O–H groups in total. The number of aliphatic hydroxyl groups excluding tert-OH is 2. The van der Waals surface area contributed by atoms with E-state index in [0.717, 1.165) is 30.6 Å². The number of fused-ring (bicyclic) bond motifs is 2. The molecule has 0 spiro atoms. The zero-order chi connectivity index (χ0) is 22.5. The van der Waals surface area contributed by atoms with E-state index in [9.17, 15) is 10.2 Å². The monoisotopic (exact) mass is 443 g/mol. The molecule has 10 heteroatoms. The van der Waals surface area contributed by atoms with Crippen molar-refractivity contribution in [1.82, 2.24) is 4.90 Å². The fraction of sp³-hybridized carbons (Fsp3) is 0.591. The lowest BCUT2D eigenvalue weighted by Gasteiger charge is -2.40. The van der Waals surface area contributed by atoms with Crippen LogP contribution in [0.1, 0.15) is 29.9 Å². The molecule has 3 heterocycles. The van der Waals surface area contributed by atoms with Crippen LogP contribution in [0, 0.1) is 0 Å². The molecule has 32 heavy (non-hydrogen) atoms. The van der Waals surface area contributed by atoms with Crippen LogP contribution < -0.4 is 10.5 Å². The number of hydrogen-bond acceptors (Lipinski definition) is 10. The van der Waals surface area contributed by atoms with E-state index >= 15 is 0 Å². The van der Waals surface area contributed by atoms with Gasteiger partial charge in [0.2, 0.25) is 0 Å². The largest absolute Gasteiger partial charge is 0.496 e. The topological polar surface area (TPSA) is 134 Å². The Kier molecular flexibility index (Phi) is 5.50. The molecule has 0 aromatic heterocycles. The van der Waals surface area contributed by atoms with Crippen molar-refractivity contribution in [2.75, 3.05) is 27.5 Å². The number of aliphatic imine (C=N–C) groups is 3. The van der Waals surface area contributed by atoms with Gasteiger partial charge in [-0.3, -0.25) is 4.99 Å². The van der Waals surface area contributed by atoms with Gasteiger partial charge in [0.1, 0.15) is 42.8 Å². The van der Waals surface area contributed by atoms with Crippen LogP contribution >= 0.6 is 0 Å². The van der Waals surface area contributed by atoms with Crippen LogP contribution in [0.2, 0.25) is 0 Å². The minimum Gasteiger partial charge on any atom is -0.496 e. The second-order valence-electron chi connectivity index (χ2n) is 8.55. The Morgan fingerprint density at radius 1 is 1.34 bits per heavy atom. The van der Waals surface area contributed by atoms with E-state index in [0.29, 0.717) is 11.5 Å². The predicted octanol–water partition coefficient (Wildman–Crippen LogP) is 0.0177. The maximum Gasteiger partial charge on any atom is 0.162 e. The maximum absolute atomic E-state index is 10.5. The van der Waals surface area contributed by atoms with Crippen molar-refractivity contribution in [3.05, 3.63) is 29.3 Å². The zero-order valence-corrected chi connectivity index (χ0v) is 18.2. The third kappa shape index (κ3) is 3.09. The van der Waals surface area contributed by atoms with Crippen molar-refractivity contribution in [2.45, 2.75) is 55.4 Å². The van der Waals surface area contributed by atoms with Gasteiger partial charge in [-0.05, 0) is 36.5 Å². The number of nitrogens with zero attached hydrogens (tertiary/aromatic N) is 4. The maximum atomic E-state index is 10.5. The van der Waals surface area contributed by atoms with Crippen LogP contribution in [0.3, 0.4) is 0 Å². The molecule has 10 nitrogen and oxygen atoms in total. The second kappa shape index (κ2) is 8.20. The number of rotatable bonds is 5. The third-order valence-electron chi connectivity index (χ3n) is 6.98. The minimum atomic E-state index is -1.08. The Hall–Kier alpha value is -2.37. The van der Waals surface area contributed by atoms with E-state index in [-0.39, 0.29) is 19.2 Å². The predicted molar refractivity (Wildman–Crippen MR) is 118 cm³/mol. The lowest BCUT2D eigenvalue weighted by Crippen LogP contribution is -2.58. The molecular weight excluding hydrogens is 414 g/mol. The first kappa shape index (κ1) is 21.5. The average Bonchev–Trinajstić information content (AvgIpc) is 3.39. The number of amidine groups is 1. The fourth-order valence-electron chi connectivity index (χ4n) is 5.40. The van der Waals surface area contributed by atoms with Gasteiger partial charge in [0.15, 0.2) is 17.7 Å². The van der Waals surface area contributed by atoms with Crippen molar-refractivity contribution in [1.29, 1.82) is 0 Å². The van der Waals surface area contributed by atoms with Crippen molar-refractivity contribution >= 4 is 17.9 Å². The van der Waals surface area contributed by atoms with Gasteiger partial charge in [0.05, 0.1) is 13.7 Å². The highest BCUT2D eigenvalue weighted by Crippen LogP contribution is 2.44. The summed E-state index contributed by atoms with van der Waals surface area (Å²) in [5.41, 5.74) is 8.80. The van der Waals surface area contributed by atoms with Crippen molar-refractivity contribution in [2.24, 2.45) is 20.7 Å². The molecule has 1 aromatic rings. The molecule has 4 aliphatic rings. The summed E-state index contributed by atoms with van der Waals surface area (Å²) in [7, 11) is 3.19. The van der Waals surface area contributed by atoms with E-state index < -0.39 is 30.2 Å². The molecule has 3 aliphatic heterocycles. The Balaban J connectivity index is 1.47. The molecule has 0 saturated carbocycles. The van der Waals surface area contributed by atoms with Crippen molar-refractivity contribution < 1.29 is 24.4 Å². The molecule has 5 rings (SSSR count). The number of hydrogen-bond donors (Lipinski definition) is 3. The molecule has 0 amide bonds. The zero-order valence-electron chi connectivity index (χ0n) is 18.2. The highest BCUT2D eigenvalue weighted by molar-refractivity contribution is 6.47. The summed E-state index contributed by atoms with van der Waals surface area (Å²) in [5.74, 6) is 1.35. The van der Waals surface area contributed by atoms with Crippen LogP contribution in [-0.4, -0.2) is 90.7 Å². The normalized spacial score (nSPS) is 35.9.